The predicted molar refractivity (Wildman–Crippen MR) is 105 cm³/mol. The van der Waals surface area contributed by atoms with Gasteiger partial charge < -0.3 is 5.11 Å². The summed E-state index contributed by atoms with van der Waals surface area (Å²) in [6, 6.07) is 1.81. The molecule has 1 aromatic carbocycles. The lowest BCUT2D eigenvalue weighted by Gasteiger charge is -2.16. The third-order valence-corrected chi connectivity index (χ3v) is 4.59. The lowest BCUT2D eigenvalue weighted by Crippen LogP contribution is -2.13. The van der Waals surface area contributed by atoms with Gasteiger partial charge in [0.15, 0.2) is 5.82 Å². The van der Waals surface area contributed by atoms with Gasteiger partial charge in [0.1, 0.15) is 12.1 Å². The molecule has 0 bridgehead atoms. The first-order chi connectivity index (χ1) is 15.7. The number of aromatic nitrogens is 4. The van der Waals surface area contributed by atoms with Crippen LogP contribution in [-0.2, 0) is 17.1 Å². The minimum Gasteiger partial charge on any atom is -0.478 e. The van der Waals surface area contributed by atoms with Crippen LogP contribution < -0.4 is 0 Å². The summed E-state index contributed by atoms with van der Waals surface area (Å²) < 4.78 is 93.7. The first-order valence-corrected chi connectivity index (χ1v) is 9.48. The van der Waals surface area contributed by atoms with E-state index in [2.05, 4.69) is 15.1 Å². The van der Waals surface area contributed by atoms with Crippen molar-refractivity contribution in [1.82, 2.24) is 19.7 Å². The fourth-order valence-electron chi connectivity index (χ4n) is 3.19. The number of aliphatic carboxylic acids is 1. The summed E-state index contributed by atoms with van der Waals surface area (Å²) >= 11 is 0. The number of carboxylic acid groups (broad SMARTS) is 1. The molecule has 0 unspecified atom stereocenters. The van der Waals surface area contributed by atoms with E-state index in [1.807, 2.05) is 0 Å². The summed E-state index contributed by atoms with van der Waals surface area (Å²) in [7, 11) is 0. The van der Waals surface area contributed by atoms with Gasteiger partial charge in [-0.2, -0.15) is 26.3 Å². The number of rotatable bonds is 5. The van der Waals surface area contributed by atoms with E-state index < -0.39 is 58.1 Å². The Morgan fingerprint density at radius 1 is 0.971 bits per heavy atom. The van der Waals surface area contributed by atoms with E-state index >= 15 is 0 Å². The molecule has 34 heavy (non-hydrogen) atoms. The van der Waals surface area contributed by atoms with Gasteiger partial charge >= 0.3 is 18.3 Å². The van der Waals surface area contributed by atoms with Gasteiger partial charge in [-0.1, -0.05) is 13.8 Å². The van der Waals surface area contributed by atoms with Crippen molar-refractivity contribution in [3.8, 4) is 11.4 Å². The number of halogens is 7. The maximum Gasteiger partial charge on any atom is 0.416 e. The van der Waals surface area contributed by atoms with Crippen LogP contribution in [0.25, 0.3) is 22.7 Å². The molecule has 1 N–H and O–H groups in total. The molecule has 0 aliphatic rings. The van der Waals surface area contributed by atoms with Gasteiger partial charge in [-0.25, -0.2) is 18.9 Å². The van der Waals surface area contributed by atoms with Crippen LogP contribution in [0.3, 0.4) is 0 Å². The lowest BCUT2D eigenvalue weighted by atomic mass is 9.99. The second-order valence-electron chi connectivity index (χ2n) is 7.42. The van der Waals surface area contributed by atoms with Crippen molar-refractivity contribution >= 4 is 17.2 Å². The fourth-order valence-corrected chi connectivity index (χ4v) is 3.19. The molecule has 3 aromatic rings. The van der Waals surface area contributed by atoms with Crippen molar-refractivity contribution in [2.75, 3.05) is 0 Å². The molecule has 0 radical (unpaired) electrons. The largest absolute Gasteiger partial charge is 0.478 e. The van der Waals surface area contributed by atoms with Gasteiger partial charge in [0, 0.05) is 17.3 Å². The Balaban J connectivity index is 2.22. The third-order valence-electron chi connectivity index (χ3n) is 4.59. The van der Waals surface area contributed by atoms with E-state index in [1.165, 1.54) is 0 Å². The topological polar surface area (TPSA) is 80.9 Å². The Kier molecular flexibility index (Phi) is 6.49. The summed E-state index contributed by atoms with van der Waals surface area (Å²) in [6.07, 6.45) is -7.23. The highest BCUT2D eigenvalue weighted by Gasteiger charge is 2.37. The molecule has 0 aliphatic heterocycles. The molecule has 0 atom stereocenters. The molecular weight excluding hydrogens is 473 g/mol. The van der Waals surface area contributed by atoms with Crippen LogP contribution in [0.1, 0.15) is 30.5 Å². The molecule has 2 heterocycles. The lowest BCUT2D eigenvalue weighted by molar-refractivity contribution is -0.143. The van der Waals surface area contributed by atoms with Crippen molar-refractivity contribution in [1.29, 1.82) is 0 Å². The van der Waals surface area contributed by atoms with Crippen LogP contribution >= 0.6 is 0 Å². The van der Waals surface area contributed by atoms with E-state index in [-0.39, 0.29) is 17.3 Å². The Labute approximate surface area is 187 Å². The minimum atomic E-state index is -5.07. The molecule has 13 heteroatoms. The molecule has 0 spiro atoms. The number of pyridine rings is 1. The smallest absolute Gasteiger partial charge is 0.416 e. The van der Waals surface area contributed by atoms with Crippen molar-refractivity contribution < 1.29 is 40.6 Å². The normalized spacial score (nSPS) is 13.2. The van der Waals surface area contributed by atoms with E-state index in [0.29, 0.717) is 12.1 Å². The number of nitrogens with zero attached hydrogens (tertiary/aromatic N) is 4. The Hall–Kier alpha value is -3.77. The summed E-state index contributed by atoms with van der Waals surface area (Å²) in [5.41, 5.74) is -4.25. The number of carbonyl (C=O) groups is 1. The van der Waals surface area contributed by atoms with E-state index in [0.717, 1.165) is 29.5 Å². The molecule has 0 saturated heterocycles. The van der Waals surface area contributed by atoms with Gasteiger partial charge in [-0.15, -0.1) is 5.10 Å². The van der Waals surface area contributed by atoms with Crippen LogP contribution in [0, 0.1) is 11.7 Å². The van der Waals surface area contributed by atoms with Gasteiger partial charge in [0.05, 0.1) is 28.6 Å². The SMILES string of the molecule is CC(C)/C(=C(\C(=O)O)c1cncc(F)c1)n1cnc(-c2cc(C(F)(F)F)cc(C(F)(F)F)c2)n1. The molecule has 0 aliphatic carbocycles. The number of hydrogen-bond donors (Lipinski definition) is 1. The molecule has 0 saturated carbocycles. The maximum atomic E-state index is 13.7. The second-order valence-corrected chi connectivity index (χ2v) is 7.42. The van der Waals surface area contributed by atoms with Crippen LogP contribution in [0.15, 0.2) is 43.0 Å². The first kappa shape index (κ1) is 24.9. The van der Waals surface area contributed by atoms with Gasteiger partial charge in [0.25, 0.3) is 0 Å². The van der Waals surface area contributed by atoms with Crippen molar-refractivity contribution in [3.63, 3.8) is 0 Å². The molecule has 0 fully saturated rings. The van der Waals surface area contributed by atoms with Crippen LogP contribution in [0.2, 0.25) is 0 Å². The molecule has 2 aromatic heterocycles. The third kappa shape index (κ3) is 5.24. The standard InChI is InChI=1S/C21H15F7N4O2/c1-10(2)17(16(19(33)34)12-5-15(22)8-29-7-12)32-9-30-18(31-32)11-3-13(20(23,24)25)6-14(4-11)21(26,27)28/h3-10H,1-2H3,(H,33,34)/b17-16+. The number of benzene rings is 1. The van der Waals surface area contributed by atoms with Crippen molar-refractivity contribution in [2.24, 2.45) is 5.92 Å². The summed E-state index contributed by atoms with van der Waals surface area (Å²) in [6.45, 7) is 3.14. The van der Waals surface area contributed by atoms with Crippen LogP contribution in [0.5, 0.6) is 0 Å². The fraction of sp³-hybridized carbons (Fsp3) is 0.238. The highest BCUT2D eigenvalue weighted by atomic mass is 19.4. The zero-order valence-corrected chi connectivity index (χ0v) is 17.4. The number of allylic oxidation sites excluding steroid dienone is 1. The summed E-state index contributed by atoms with van der Waals surface area (Å²) in [5, 5.41) is 13.7. The minimum absolute atomic E-state index is 0.0283. The highest BCUT2D eigenvalue weighted by molar-refractivity contribution is 6.21. The van der Waals surface area contributed by atoms with Crippen LogP contribution in [0.4, 0.5) is 30.7 Å². The summed E-state index contributed by atoms with van der Waals surface area (Å²) in [4.78, 5) is 19.4. The monoisotopic (exact) mass is 488 g/mol. The number of alkyl halides is 6. The van der Waals surface area contributed by atoms with Gasteiger partial charge in [-0.3, -0.25) is 4.98 Å². The average Bonchev–Trinajstić information content (AvgIpc) is 3.19. The van der Waals surface area contributed by atoms with Crippen LogP contribution in [-0.4, -0.2) is 30.8 Å². The van der Waals surface area contributed by atoms with E-state index in [9.17, 15) is 40.6 Å². The number of carboxylic acids is 1. The zero-order valence-electron chi connectivity index (χ0n) is 17.4. The highest BCUT2D eigenvalue weighted by Crippen LogP contribution is 2.38. The predicted octanol–water partition coefficient (Wildman–Crippen LogP) is 5.63. The Morgan fingerprint density at radius 3 is 2.03 bits per heavy atom. The van der Waals surface area contributed by atoms with Crippen molar-refractivity contribution in [3.05, 3.63) is 65.5 Å². The zero-order chi connectivity index (χ0) is 25.4. The molecule has 180 valence electrons. The number of hydrogen-bond acceptors (Lipinski definition) is 4. The first-order valence-electron chi connectivity index (χ1n) is 9.48. The quantitative estimate of drug-likeness (QED) is 0.372. The van der Waals surface area contributed by atoms with E-state index in [4.69, 9.17) is 0 Å². The van der Waals surface area contributed by atoms with Gasteiger partial charge in [0.2, 0.25) is 0 Å². The molecule has 6 nitrogen and oxygen atoms in total. The Morgan fingerprint density at radius 2 is 1.56 bits per heavy atom. The van der Waals surface area contributed by atoms with E-state index in [1.54, 1.807) is 13.8 Å². The molecular formula is C21H15F7N4O2. The molecule has 0 amide bonds. The van der Waals surface area contributed by atoms with Crippen molar-refractivity contribution in [2.45, 2.75) is 26.2 Å². The maximum absolute atomic E-state index is 13.7. The second kappa shape index (κ2) is 8.88. The van der Waals surface area contributed by atoms with Gasteiger partial charge in [-0.05, 0) is 30.2 Å². The summed E-state index contributed by atoms with van der Waals surface area (Å²) in [5.74, 6) is -3.39. The molecule has 3 rings (SSSR count). The Bertz CT molecular complexity index is 1230. The average molecular weight is 488 g/mol.